The van der Waals surface area contributed by atoms with Crippen LogP contribution in [-0.2, 0) is 20.4 Å². The smallest absolute Gasteiger partial charge is 0.369 e. The molecule has 2 N–H and O–H groups in total. The Bertz CT molecular complexity index is 1350. The summed E-state index contributed by atoms with van der Waals surface area (Å²) in [4.78, 5) is 23.4. The number of fused-ring (bicyclic) bond motifs is 3. The Labute approximate surface area is 205 Å². The van der Waals surface area contributed by atoms with E-state index in [0.717, 1.165) is 22.8 Å². The molecule has 0 aromatic heterocycles. The van der Waals surface area contributed by atoms with E-state index >= 15 is 0 Å². The van der Waals surface area contributed by atoms with E-state index in [1.807, 2.05) is 36.4 Å². The van der Waals surface area contributed by atoms with Crippen molar-refractivity contribution in [2.24, 2.45) is 0 Å². The quantitative estimate of drug-likeness (QED) is 0.362. The second-order valence-corrected chi connectivity index (χ2v) is 10.8. The summed E-state index contributed by atoms with van der Waals surface area (Å²) in [6.45, 7) is 9.61. The lowest BCUT2D eigenvalue weighted by molar-refractivity contribution is -0.436. The molecule has 0 aliphatic carbocycles. The molecule has 5 rings (SSSR count). The van der Waals surface area contributed by atoms with Crippen LogP contribution in [0.1, 0.15) is 45.2 Å². The van der Waals surface area contributed by atoms with Gasteiger partial charge in [0.25, 0.3) is 0 Å². The molecule has 2 aromatic carbocycles. The highest BCUT2D eigenvalue weighted by Gasteiger charge is 2.71. The van der Waals surface area contributed by atoms with Gasteiger partial charge in [-0.15, -0.1) is 0 Å². The fraction of sp³-hybridized carbons (Fsp3) is 0.345. The van der Waals surface area contributed by atoms with Crippen LogP contribution in [0.3, 0.4) is 0 Å². The highest BCUT2D eigenvalue weighted by molar-refractivity contribution is 6.03. The van der Waals surface area contributed by atoms with Crippen LogP contribution in [0.25, 0.3) is 0 Å². The molecule has 3 heterocycles. The molecule has 6 nitrogen and oxygen atoms in total. The van der Waals surface area contributed by atoms with Gasteiger partial charge in [-0.2, -0.15) is 4.58 Å². The van der Waals surface area contributed by atoms with Gasteiger partial charge in [-0.25, -0.2) is 9.28 Å². The van der Waals surface area contributed by atoms with E-state index in [9.17, 15) is 19.8 Å². The molecule has 6 heteroatoms. The lowest BCUT2D eigenvalue weighted by atomic mass is 9.81. The van der Waals surface area contributed by atoms with Gasteiger partial charge in [-0.05, 0) is 39.8 Å². The van der Waals surface area contributed by atoms with Gasteiger partial charge in [0.2, 0.25) is 11.7 Å². The summed E-state index contributed by atoms with van der Waals surface area (Å²) < 4.78 is 2.49. The maximum atomic E-state index is 12.0. The van der Waals surface area contributed by atoms with Gasteiger partial charge < -0.3 is 10.2 Å². The van der Waals surface area contributed by atoms with Crippen LogP contribution in [0.15, 0.2) is 72.5 Å². The minimum atomic E-state index is -0.823. The van der Waals surface area contributed by atoms with Crippen LogP contribution in [0.5, 0.6) is 0 Å². The van der Waals surface area contributed by atoms with E-state index in [-0.39, 0.29) is 17.3 Å². The monoisotopic (exact) mass is 472 g/mol. The molecule has 1 saturated heterocycles. The average molecular weight is 473 g/mol. The fourth-order valence-corrected chi connectivity index (χ4v) is 6.30. The fourth-order valence-electron chi connectivity index (χ4n) is 6.30. The van der Waals surface area contributed by atoms with Crippen molar-refractivity contribution in [3.63, 3.8) is 0 Å². The Balaban J connectivity index is 1.59. The summed E-state index contributed by atoms with van der Waals surface area (Å²) in [5.41, 5.74) is 6.00. The highest BCUT2D eigenvalue weighted by Crippen LogP contribution is 2.59. The van der Waals surface area contributed by atoms with Crippen LogP contribution in [-0.4, -0.2) is 51.6 Å². The molecule has 0 bridgehead atoms. The first-order chi connectivity index (χ1) is 16.5. The molecule has 180 valence electrons. The normalized spacial score (nSPS) is 26.4. The molecule has 2 unspecified atom stereocenters. The van der Waals surface area contributed by atoms with E-state index in [0.29, 0.717) is 17.6 Å². The lowest BCUT2D eigenvalue weighted by Gasteiger charge is -2.21. The van der Waals surface area contributed by atoms with E-state index < -0.39 is 18.0 Å². The zero-order valence-electron chi connectivity index (χ0n) is 20.7. The number of carboxylic acid groups (broad SMARTS) is 2. The molecule has 0 radical (unpaired) electrons. The Hall–Kier alpha value is -3.51. The Morgan fingerprint density at radius 1 is 1.00 bits per heavy atom. The van der Waals surface area contributed by atoms with Crippen molar-refractivity contribution in [1.29, 1.82) is 0 Å². The molecular formula is C29H32N2O4+2. The van der Waals surface area contributed by atoms with Gasteiger partial charge in [-0.3, -0.25) is 4.79 Å². The number of nitrogens with zero attached hydrogens (tertiary/aromatic N) is 2. The first kappa shape index (κ1) is 23.2. The third kappa shape index (κ3) is 3.31. The molecule has 2 aromatic rings. The van der Waals surface area contributed by atoms with Crippen molar-refractivity contribution < 1.29 is 24.4 Å². The molecule has 1 fully saturated rings. The van der Waals surface area contributed by atoms with Crippen molar-refractivity contribution in [2.45, 2.75) is 51.0 Å². The van der Waals surface area contributed by atoms with Gasteiger partial charge in [0.15, 0.2) is 18.8 Å². The van der Waals surface area contributed by atoms with Crippen LogP contribution < -0.4 is 4.48 Å². The number of carbonyl (C=O) groups is 2. The molecular weight excluding hydrogens is 440 g/mol. The van der Waals surface area contributed by atoms with Gasteiger partial charge in [-0.1, -0.05) is 42.5 Å². The predicted octanol–water partition coefficient (Wildman–Crippen LogP) is 4.74. The SMILES string of the molecule is CC1(C)C(C=CC=C2C(C)(C)c3ccccc3[N+]23CC3C(=O)O)=[N+](CCC(=O)O)c2ccccc21. The van der Waals surface area contributed by atoms with Crippen molar-refractivity contribution in [2.75, 3.05) is 13.1 Å². The molecule has 2 atom stereocenters. The second-order valence-electron chi connectivity index (χ2n) is 10.8. The minimum Gasteiger partial charge on any atom is -0.481 e. The van der Waals surface area contributed by atoms with Crippen molar-refractivity contribution in [1.82, 2.24) is 4.48 Å². The molecule has 3 aliphatic rings. The summed E-state index contributed by atoms with van der Waals surface area (Å²) in [6.07, 6.45) is 6.23. The maximum absolute atomic E-state index is 12.0. The first-order valence-electron chi connectivity index (χ1n) is 12.1. The summed E-state index contributed by atoms with van der Waals surface area (Å²) in [5.74, 6) is -1.59. The Kier molecular flexibility index (Phi) is 5.15. The van der Waals surface area contributed by atoms with E-state index in [4.69, 9.17) is 0 Å². The molecule has 1 spiro atoms. The standard InChI is InChI=1S/C29H30N2O4/c1-28(2)19-10-5-7-12-21(19)30(17-16-26(32)33)24(28)14-9-15-25-29(3,4)20-11-6-8-13-22(20)31(25)18-23(31)27(34)35/h5-15,23H,16-18H2,1-4H3/p+2. The minimum absolute atomic E-state index is 0.0471. The molecule has 0 amide bonds. The predicted molar refractivity (Wildman–Crippen MR) is 136 cm³/mol. The number of para-hydroxylation sites is 2. The molecule has 3 aliphatic heterocycles. The number of rotatable bonds is 6. The van der Waals surface area contributed by atoms with Gasteiger partial charge >= 0.3 is 11.9 Å². The molecule has 35 heavy (non-hydrogen) atoms. The third-order valence-electron chi connectivity index (χ3n) is 8.08. The number of allylic oxidation sites excluding steroid dienone is 4. The molecule has 0 saturated carbocycles. The van der Waals surface area contributed by atoms with Gasteiger partial charge in [0.05, 0.1) is 10.8 Å². The largest absolute Gasteiger partial charge is 0.481 e. The average Bonchev–Trinajstić information content (AvgIpc) is 3.48. The summed E-state index contributed by atoms with van der Waals surface area (Å²) in [5, 5.41) is 19.2. The van der Waals surface area contributed by atoms with Crippen molar-refractivity contribution >= 4 is 29.0 Å². The van der Waals surface area contributed by atoms with E-state index in [2.05, 4.69) is 62.6 Å². The van der Waals surface area contributed by atoms with E-state index in [1.165, 1.54) is 11.1 Å². The Morgan fingerprint density at radius 2 is 1.66 bits per heavy atom. The van der Waals surface area contributed by atoms with Crippen molar-refractivity contribution in [3.05, 3.63) is 83.6 Å². The maximum Gasteiger partial charge on any atom is 0.369 e. The topological polar surface area (TPSA) is 77.6 Å². The number of benzene rings is 2. The van der Waals surface area contributed by atoms with Crippen LogP contribution in [0, 0.1) is 0 Å². The van der Waals surface area contributed by atoms with Crippen LogP contribution >= 0.6 is 0 Å². The van der Waals surface area contributed by atoms with Crippen molar-refractivity contribution in [3.8, 4) is 0 Å². The number of hydrogen-bond acceptors (Lipinski definition) is 2. The number of quaternary nitrogens is 1. The summed E-state index contributed by atoms with van der Waals surface area (Å²) in [6, 6.07) is 15.8. The highest BCUT2D eigenvalue weighted by atomic mass is 16.4. The van der Waals surface area contributed by atoms with Crippen LogP contribution in [0.4, 0.5) is 11.4 Å². The Morgan fingerprint density at radius 3 is 2.31 bits per heavy atom. The first-order valence-corrected chi connectivity index (χ1v) is 12.1. The summed E-state index contributed by atoms with van der Waals surface area (Å²) >= 11 is 0. The van der Waals surface area contributed by atoms with E-state index in [1.54, 1.807) is 0 Å². The van der Waals surface area contributed by atoms with Gasteiger partial charge in [0, 0.05) is 23.3 Å². The zero-order chi connectivity index (χ0) is 25.2. The number of hydrogen-bond donors (Lipinski definition) is 2. The van der Waals surface area contributed by atoms with Gasteiger partial charge in [0.1, 0.15) is 17.8 Å². The third-order valence-corrected chi connectivity index (χ3v) is 8.08. The number of aliphatic carboxylic acids is 2. The zero-order valence-corrected chi connectivity index (χ0v) is 20.7. The second kappa shape index (κ2) is 7.75. The number of carboxylic acids is 2. The summed E-state index contributed by atoms with van der Waals surface area (Å²) in [7, 11) is 0. The lowest BCUT2D eigenvalue weighted by Crippen LogP contribution is -2.33. The van der Waals surface area contributed by atoms with Crippen LogP contribution in [0.2, 0.25) is 0 Å².